The largest absolute Gasteiger partial charge is 0.481 e. The van der Waals surface area contributed by atoms with Crippen LogP contribution in [-0.4, -0.2) is 60.3 Å². The smallest absolute Gasteiger partial charge is 0.309 e. The molecule has 9 heteroatoms. The van der Waals surface area contributed by atoms with E-state index in [9.17, 15) is 27.5 Å². The third-order valence-corrected chi connectivity index (χ3v) is 7.57. The highest BCUT2D eigenvalue weighted by Crippen LogP contribution is 2.43. The van der Waals surface area contributed by atoms with Crippen molar-refractivity contribution in [2.24, 2.45) is 5.92 Å². The molecule has 2 heterocycles. The van der Waals surface area contributed by atoms with Gasteiger partial charge in [0.15, 0.2) is 0 Å². The lowest BCUT2D eigenvalue weighted by atomic mass is 9.77. The van der Waals surface area contributed by atoms with Crippen LogP contribution < -0.4 is 0 Å². The summed E-state index contributed by atoms with van der Waals surface area (Å²) in [5.74, 6) is -2.98. The van der Waals surface area contributed by atoms with Gasteiger partial charge < -0.3 is 10.0 Å². The summed E-state index contributed by atoms with van der Waals surface area (Å²) < 4.78 is 40.9. The standard InChI is InChI=1S/C17H21FN2O5S/c1-11-3-4-13(18)14(9-11)26(24,25)20-7-5-17(6-8-20)12(16(22)23)10-15(21)19(17)2/h3-4,9,12H,5-8,10H2,1-2H3,(H,22,23). The number of hydrogen-bond donors (Lipinski definition) is 1. The van der Waals surface area contributed by atoms with Gasteiger partial charge in [-0.15, -0.1) is 0 Å². The van der Waals surface area contributed by atoms with Gasteiger partial charge in [-0.1, -0.05) is 6.07 Å². The van der Waals surface area contributed by atoms with Crippen molar-refractivity contribution in [1.82, 2.24) is 9.21 Å². The molecule has 1 N–H and O–H groups in total. The van der Waals surface area contributed by atoms with Crippen LogP contribution in [0.5, 0.6) is 0 Å². The van der Waals surface area contributed by atoms with Crippen LogP contribution in [0.2, 0.25) is 0 Å². The number of piperidine rings is 1. The number of carbonyl (C=O) groups excluding carboxylic acids is 1. The molecule has 0 saturated carbocycles. The topological polar surface area (TPSA) is 95.0 Å². The maximum absolute atomic E-state index is 14.1. The van der Waals surface area contributed by atoms with Gasteiger partial charge in [0.2, 0.25) is 15.9 Å². The van der Waals surface area contributed by atoms with Crippen LogP contribution in [0.15, 0.2) is 23.1 Å². The first-order valence-corrected chi connectivity index (χ1v) is 9.79. The molecule has 1 amide bonds. The molecule has 3 rings (SSSR count). The summed E-state index contributed by atoms with van der Waals surface area (Å²) in [5, 5.41) is 9.48. The van der Waals surface area contributed by atoms with Gasteiger partial charge in [0, 0.05) is 26.6 Å². The number of amides is 1. The van der Waals surface area contributed by atoms with Crippen LogP contribution in [0, 0.1) is 18.7 Å². The van der Waals surface area contributed by atoms with Gasteiger partial charge in [0.05, 0.1) is 11.5 Å². The molecule has 0 radical (unpaired) electrons. The van der Waals surface area contributed by atoms with Crippen LogP contribution in [0.3, 0.4) is 0 Å². The number of nitrogens with zero attached hydrogens (tertiary/aromatic N) is 2. The average molecular weight is 384 g/mol. The number of aliphatic carboxylic acids is 1. The third kappa shape index (κ3) is 2.79. The molecular weight excluding hydrogens is 363 g/mol. The van der Waals surface area contributed by atoms with E-state index in [0.717, 1.165) is 6.07 Å². The first kappa shape index (κ1) is 18.8. The third-order valence-electron chi connectivity index (χ3n) is 5.66. The number of aryl methyl sites for hydroxylation is 1. The Kier molecular flexibility index (Phi) is 4.56. The molecule has 26 heavy (non-hydrogen) atoms. The SMILES string of the molecule is Cc1ccc(F)c(S(=O)(=O)N2CCC3(CC2)C(C(=O)O)CC(=O)N3C)c1. The first-order chi connectivity index (χ1) is 12.1. The fourth-order valence-corrected chi connectivity index (χ4v) is 5.64. The Morgan fingerprint density at radius 1 is 1.31 bits per heavy atom. The van der Waals surface area contributed by atoms with E-state index in [0.29, 0.717) is 5.56 Å². The lowest BCUT2D eigenvalue weighted by molar-refractivity contribution is -0.145. The second kappa shape index (κ2) is 6.31. The predicted octanol–water partition coefficient (Wildman–Crippen LogP) is 1.22. The zero-order chi connectivity index (χ0) is 19.3. The number of carbonyl (C=O) groups is 2. The molecule has 0 aromatic heterocycles. The summed E-state index contributed by atoms with van der Waals surface area (Å²) >= 11 is 0. The molecule has 2 aliphatic heterocycles. The number of rotatable bonds is 3. The van der Waals surface area contributed by atoms with Crippen LogP contribution in [-0.2, 0) is 19.6 Å². The molecule has 142 valence electrons. The molecule has 1 atom stereocenters. The summed E-state index contributed by atoms with van der Waals surface area (Å²) in [5.41, 5.74) is -0.259. The maximum atomic E-state index is 14.1. The molecule has 2 saturated heterocycles. The minimum absolute atomic E-state index is 0.0388. The van der Waals surface area contributed by atoms with Crippen molar-refractivity contribution < 1.29 is 27.5 Å². The van der Waals surface area contributed by atoms with E-state index in [1.165, 1.54) is 21.3 Å². The van der Waals surface area contributed by atoms with Crippen molar-refractivity contribution in [2.75, 3.05) is 20.1 Å². The molecule has 2 aliphatic rings. The summed E-state index contributed by atoms with van der Waals surface area (Å²) in [6.45, 7) is 1.76. The summed E-state index contributed by atoms with van der Waals surface area (Å²) in [6.07, 6.45) is 0.336. The Morgan fingerprint density at radius 2 is 1.92 bits per heavy atom. The van der Waals surface area contributed by atoms with Crippen LogP contribution in [0.25, 0.3) is 0 Å². The van der Waals surface area contributed by atoms with Gasteiger partial charge in [-0.05, 0) is 37.5 Å². The van der Waals surface area contributed by atoms with Crippen molar-refractivity contribution >= 4 is 21.9 Å². The number of hydrogen-bond acceptors (Lipinski definition) is 4. The van der Waals surface area contributed by atoms with E-state index in [1.54, 1.807) is 14.0 Å². The van der Waals surface area contributed by atoms with Crippen molar-refractivity contribution in [3.63, 3.8) is 0 Å². The second-order valence-electron chi connectivity index (χ2n) is 6.99. The fourth-order valence-electron chi connectivity index (χ4n) is 4.05. The Bertz CT molecular complexity index is 862. The van der Waals surface area contributed by atoms with Crippen molar-refractivity contribution in [3.8, 4) is 0 Å². The highest BCUT2D eigenvalue weighted by Gasteiger charge is 2.56. The van der Waals surface area contributed by atoms with Crippen molar-refractivity contribution in [2.45, 2.75) is 36.6 Å². The second-order valence-corrected chi connectivity index (χ2v) is 8.90. The van der Waals surface area contributed by atoms with E-state index in [-0.39, 0.29) is 43.2 Å². The molecule has 1 spiro atoms. The van der Waals surface area contributed by atoms with Crippen molar-refractivity contribution in [3.05, 3.63) is 29.6 Å². The Hall–Kier alpha value is -2.00. The lowest BCUT2D eigenvalue weighted by Crippen LogP contribution is -2.56. The Morgan fingerprint density at radius 3 is 2.50 bits per heavy atom. The first-order valence-electron chi connectivity index (χ1n) is 8.35. The van der Waals surface area contributed by atoms with E-state index in [2.05, 4.69) is 0 Å². The number of carboxylic acid groups (broad SMARTS) is 1. The fraction of sp³-hybridized carbons (Fsp3) is 0.529. The molecule has 2 fully saturated rings. The number of benzene rings is 1. The lowest BCUT2D eigenvalue weighted by Gasteiger charge is -2.45. The highest BCUT2D eigenvalue weighted by atomic mass is 32.2. The summed E-state index contributed by atoms with van der Waals surface area (Å²) in [6, 6.07) is 3.91. The van der Waals surface area contributed by atoms with E-state index < -0.39 is 33.3 Å². The molecular formula is C17H21FN2O5S. The van der Waals surface area contributed by atoms with E-state index >= 15 is 0 Å². The number of carboxylic acids is 1. The van der Waals surface area contributed by atoms with Crippen LogP contribution in [0.1, 0.15) is 24.8 Å². The van der Waals surface area contributed by atoms with Gasteiger partial charge in [-0.2, -0.15) is 4.31 Å². The molecule has 1 unspecified atom stereocenters. The Balaban J connectivity index is 1.87. The zero-order valence-corrected chi connectivity index (χ0v) is 15.4. The normalized spacial score (nSPS) is 23.6. The molecule has 0 bridgehead atoms. The average Bonchev–Trinajstić information content (AvgIpc) is 2.83. The summed E-state index contributed by atoms with van der Waals surface area (Å²) in [4.78, 5) is 24.7. The van der Waals surface area contributed by atoms with Gasteiger partial charge in [0.25, 0.3) is 0 Å². The summed E-state index contributed by atoms with van der Waals surface area (Å²) in [7, 11) is -2.46. The zero-order valence-electron chi connectivity index (χ0n) is 14.6. The minimum atomic E-state index is -4.02. The predicted molar refractivity (Wildman–Crippen MR) is 90.4 cm³/mol. The molecule has 1 aromatic carbocycles. The van der Waals surface area contributed by atoms with Gasteiger partial charge >= 0.3 is 5.97 Å². The van der Waals surface area contributed by atoms with E-state index in [4.69, 9.17) is 0 Å². The Labute approximate surface area is 151 Å². The monoisotopic (exact) mass is 384 g/mol. The van der Waals surface area contributed by atoms with E-state index in [1.807, 2.05) is 0 Å². The van der Waals surface area contributed by atoms with Gasteiger partial charge in [-0.25, -0.2) is 12.8 Å². The van der Waals surface area contributed by atoms with Crippen molar-refractivity contribution in [1.29, 1.82) is 0 Å². The van der Waals surface area contributed by atoms with Gasteiger partial charge in [0.1, 0.15) is 10.7 Å². The maximum Gasteiger partial charge on any atom is 0.309 e. The minimum Gasteiger partial charge on any atom is -0.481 e. The molecule has 1 aromatic rings. The number of sulfonamides is 1. The number of halogens is 1. The van der Waals surface area contributed by atoms with Gasteiger partial charge in [-0.3, -0.25) is 9.59 Å². The molecule has 0 aliphatic carbocycles. The quantitative estimate of drug-likeness (QED) is 0.846. The highest BCUT2D eigenvalue weighted by molar-refractivity contribution is 7.89. The molecule has 7 nitrogen and oxygen atoms in total. The van der Waals surface area contributed by atoms with Crippen LogP contribution in [0.4, 0.5) is 4.39 Å². The number of likely N-dealkylation sites (tertiary alicyclic amines) is 1. The van der Waals surface area contributed by atoms with Crippen LogP contribution >= 0.6 is 0 Å².